The SMILES string of the molecule is O=C(/C=C/c1cccc2cccnc12)NCC12CC(C(=O)O)(C1)C1(CCC1)O2. The predicted octanol–water partition coefficient (Wildman–Crippen LogP) is 2.92. The van der Waals surface area contributed by atoms with Crippen molar-refractivity contribution in [2.45, 2.75) is 43.3 Å². The number of hydrogen-bond donors (Lipinski definition) is 2. The van der Waals surface area contributed by atoms with Crippen LogP contribution in [0.2, 0.25) is 0 Å². The van der Waals surface area contributed by atoms with Gasteiger partial charge in [-0.1, -0.05) is 24.3 Å². The number of nitrogens with zero attached hydrogens (tertiary/aromatic N) is 1. The summed E-state index contributed by atoms with van der Waals surface area (Å²) in [5.74, 6) is -0.969. The van der Waals surface area contributed by atoms with Gasteiger partial charge in [0.2, 0.25) is 5.91 Å². The van der Waals surface area contributed by atoms with Crippen LogP contribution in [0, 0.1) is 5.41 Å². The second-order valence-electron chi connectivity index (χ2n) is 8.35. The maximum Gasteiger partial charge on any atom is 0.312 e. The zero-order valence-corrected chi connectivity index (χ0v) is 15.5. The van der Waals surface area contributed by atoms with Crippen LogP contribution in [0.5, 0.6) is 0 Å². The van der Waals surface area contributed by atoms with Crippen LogP contribution in [0.1, 0.15) is 37.7 Å². The first-order chi connectivity index (χ1) is 13.5. The van der Waals surface area contributed by atoms with Crippen molar-refractivity contribution in [1.29, 1.82) is 0 Å². The lowest BCUT2D eigenvalue weighted by molar-refractivity contribution is -0.163. The molecule has 2 bridgehead atoms. The smallest absolute Gasteiger partial charge is 0.312 e. The molecule has 1 aromatic heterocycles. The van der Waals surface area contributed by atoms with Crippen LogP contribution < -0.4 is 5.32 Å². The molecule has 144 valence electrons. The maximum absolute atomic E-state index is 12.3. The molecule has 2 N–H and O–H groups in total. The Hall–Kier alpha value is -2.73. The minimum atomic E-state index is -0.755. The van der Waals surface area contributed by atoms with Gasteiger partial charge in [0.25, 0.3) is 0 Å². The van der Waals surface area contributed by atoms with E-state index in [0.29, 0.717) is 19.4 Å². The second-order valence-corrected chi connectivity index (χ2v) is 8.35. The molecular weight excluding hydrogens is 356 g/mol. The molecule has 6 nitrogen and oxygen atoms in total. The molecular formula is C22H22N2O4. The number of para-hydroxylation sites is 1. The van der Waals surface area contributed by atoms with E-state index in [4.69, 9.17) is 4.74 Å². The Labute approximate surface area is 162 Å². The van der Waals surface area contributed by atoms with Crippen LogP contribution in [0.25, 0.3) is 17.0 Å². The lowest BCUT2D eigenvalue weighted by Crippen LogP contribution is -2.58. The van der Waals surface area contributed by atoms with Gasteiger partial charge in [0.15, 0.2) is 0 Å². The molecule has 2 saturated carbocycles. The quantitative estimate of drug-likeness (QED) is 0.781. The van der Waals surface area contributed by atoms with Crippen molar-refractivity contribution in [3.63, 3.8) is 0 Å². The first-order valence-corrected chi connectivity index (χ1v) is 9.71. The highest BCUT2D eigenvalue weighted by Crippen LogP contribution is 2.71. The standard InChI is InChI=1S/C22H22N2O4/c25-17(8-7-16-5-1-4-15-6-2-11-23-18(15)16)24-14-20-12-21(13-20,19(26)27)22(28-20)9-3-10-22/h1-2,4-8,11H,3,9-10,12-14H2,(H,24,25)(H,26,27)/b8-7+. The molecule has 0 radical (unpaired) electrons. The van der Waals surface area contributed by atoms with Crippen LogP contribution in [-0.2, 0) is 14.3 Å². The van der Waals surface area contributed by atoms with Crippen LogP contribution in [0.3, 0.4) is 0 Å². The van der Waals surface area contributed by atoms with Crippen molar-refractivity contribution in [3.05, 3.63) is 48.2 Å². The van der Waals surface area contributed by atoms with Gasteiger partial charge in [-0.25, -0.2) is 0 Å². The number of carboxylic acid groups (broad SMARTS) is 1. The van der Waals surface area contributed by atoms with Gasteiger partial charge in [-0.2, -0.15) is 0 Å². The van der Waals surface area contributed by atoms with E-state index in [0.717, 1.165) is 35.7 Å². The summed E-state index contributed by atoms with van der Waals surface area (Å²) in [6.45, 7) is 0.348. The molecule has 1 amide bonds. The molecule has 6 rings (SSSR count). The van der Waals surface area contributed by atoms with Crippen LogP contribution in [0.4, 0.5) is 0 Å². The van der Waals surface area contributed by atoms with Crippen LogP contribution in [-0.4, -0.2) is 39.7 Å². The van der Waals surface area contributed by atoms with Gasteiger partial charge in [0.1, 0.15) is 5.41 Å². The van der Waals surface area contributed by atoms with Crippen molar-refractivity contribution in [1.82, 2.24) is 10.3 Å². The highest BCUT2D eigenvalue weighted by atomic mass is 16.5. The average Bonchev–Trinajstić information content (AvgIpc) is 3.13. The number of aliphatic carboxylic acids is 1. The van der Waals surface area contributed by atoms with Gasteiger partial charge in [-0.05, 0) is 44.2 Å². The fraction of sp³-hybridized carbons (Fsp3) is 0.409. The average molecular weight is 378 g/mol. The van der Waals surface area contributed by atoms with E-state index < -0.39 is 22.6 Å². The van der Waals surface area contributed by atoms with Gasteiger partial charge in [0.05, 0.1) is 16.7 Å². The lowest BCUT2D eigenvalue weighted by Gasteiger charge is -2.48. The van der Waals surface area contributed by atoms with Gasteiger partial charge < -0.3 is 15.2 Å². The largest absolute Gasteiger partial charge is 0.481 e. The Balaban J connectivity index is 1.25. The molecule has 28 heavy (non-hydrogen) atoms. The molecule has 1 spiro atoms. The first kappa shape index (κ1) is 17.4. The Kier molecular flexibility index (Phi) is 3.65. The van der Waals surface area contributed by atoms with E-state index >= 15 is 0 Å². The highest BCUT2D eigenvalue weighted by Gasteiger charge is 2.79. The van der Waals surface area contributed by atoms with Crippen molar-refractivity contribution in [3.8, 4) is 0 Å². The predicted molar refractivity (Wildman–Crippen MR) is 103 cm³/mol. The number of ether oxygens (including phenoxy) is 1. The van der Waals surface area contributed by atoms with Crippen LogP contribution in [0.15, 0.2) is 42.6 Å². The Morgan fingerprint density at radius 1 is 1.21 bits per heavy atom. The summed E-state index contributed by atoms with van der Waals surface area (Å²) in [5, 5.41) is 13.6. The number of pyridine rings is 1. The topological polar surface area (TPSA) is 88.5 Å². The van der Waals surface area contributed by atoms with Crippen LogP contribution >= 0.6 is 0 Å². The number of amides is 1. The zero-order valence-electron chi connectivity index (χ0n) is 15.5. The van der Waals surface area contributed by atoms with E-state index in [-0.39, 0.29) is 5.91 Å². The minimum Gasteiger partial charge on any atom is -0.481 e. The van der Waals surface area contributed by atoms with Crippen molar-refractivity contribution in [2.75, 3.05) is 6.54 Å². The molecule has 0 unspecified atom stereocenters. The Bertz CT molecular complexity index is 997. The fourth-order valence-electron chi connectivity index (χ4n) is 5.28. The second kappa shape index (κ2) is 5.88. The monoisotopic (exact) mass is 378 g/mol. The van der Waals surface area contributed by atoms with E-state index in [9.17, 15) is 14.7 Å². The van der Waals surface area contributed by atoms with E-state index in [1.165, 1.54) is 6.08 Å². The fourth-order valence-corrected chi connectivity index (χ4v) is 5.28. The third-order valence-electron chi connectivity index (χ3n) is 6.77. The molecule has 2 saturated heterocycles. The summed E-state index contributed by atoms with van der Waals surface area (Å²) >= 11 is 0. The number of benzene rings is 1. The molecule has 4 aliphatic rings. The molecule has 4 fully saturated rings. The maximum atomic E-state index is 12.3. The molecule has 2 aliphatic carbocycles. The summed E-state index contributed by atoms with van der Waals surface area (Å²) in [6, 6.07) is 9.71. The van der Waals surface area contributed by atoms with Gasteiger partial charge in [-0.15, -0.1) is 0 Å². The van der Waals surface area contributed by atoms with Crippen molar-refractivity contribution < 1.29 is 19.4 Å². The lowest BCUT2D eigenvalue weighted by atomic mass is 9.51. The van der Waals surface area contributed by atoms with Gasteiger partial charge in [0, 0.05) is 29.8 Å². The summed E-state index contributed by atoms with van der Waals surface area (Å²) in [6.07, 6.45) is 8.60. The molecule has 1 aromatic carbocycles. The minimum absolute atomic E-state index is 0.215. The number of aromatic nitrogens is 1. The number of nitrogens with one attached hydrogen (secondary N) is 1. The molecule has 3 heterocycles. The Morgan fingerprint density at radius 2 is 2.00 bits per heavy atom. The third-order valence-corrected chi connectivity index (χ3v) is 6.77. The zero-order chi connectivity index (χ0) is 19.4. The summed E-state index contributed by atoms with van der Waals surface area (Å²) < 4.78 is 6.25. The first-order valence-electron chi connectivity index (χ1n) is 9.71. The van der Waals surface area contributed by atoms with Crippen molar-refractivity contribution >= 4 is 28.9 Å². The van der Waals surface area contributed by atoms with E-state index in [1.807, 2.05) is 30.3 Å². The van der Waals surface area contributed by atoms with Crippen molar-refractivity contribution in [2.24, 2.45) is 5.41 Å². The third kappa shape index (κ3) is 2.34. The summed E-state index contributed by atoms with van der Waals surface area (Å²) in [7, 11) is 0. The summed E-state index contributed by atoms with van der Waals surface area (Å²) in [4.78, 5) is 28.6. The molecule has 2 aromatic rings. The molecule has 6 heteroatoms. The van der Waals surface area contributed by atoms with E-state index in [2.05, 4.69) is 10.3 Å². The normalized spacial score (nSPS) is 29.6. The number of carbonyl (C=O) groups excluding carboxylic acids is 1. The molecule has 2 aliphatic heterocycles. The highest BCUT2D eigenvalue weighted by molar-refractivity contribution is 5.95. The van der Waals surface area contributed by atoms with Gasteiger partial charge >= 0.3 is 5.97 Å². The number of carbonyl (C=O) groups is 2. The molecule has 0 atom stereocenters. The number of rotatable bonds is 5. The number of hydrogen-bond acceptors (Lipinski definition) is 4. The van der Waals surface area contributed by atoms with Gasteiger partial charge in [-0.3, -0.25) is 14.6 Å². The summed E-state index contributed by atoms with van der Waals surface area (Å²) in [5.41, 5.74) is -0.0490. The number of carboxylic acids is 1. The van der Waals surface area contributed by atoms with E-state index in [1.54, 1.807) is 12.3 Å². The Morgan fingerprint density at radius 3 is 2.68 bits per heavy atom. The number of fused-ring (bicyclic) bond motifs is 1.